The molecule has 0 saturated carbocycles. The number of carbonyl (C=O) groups excluding carboxylic acids is 1. The molecule has 0 aliphatic heterocycles. The lowest BCUT2D eigenvalue weighted by atomic mass is 10.3. The van der Waals surface area contributed by atoms with Crippen molar-refractivity contribution in [1.82, 2.24) is 10.2 Å². The van der Waals surface area contributed by atoms with Gasteiger partial charge in [-0.05, 0) is 27.1 Å². The van der Waals surface area contributed by atoms with E-state index in [4.69, 9.17) is 5.11 Å². The van der Waals surface area contributed by atoms with Crippen LogP contribution in [-0.2, 0) is 4.79 Å². The zero-order valence-corrected chi connectivity index (χ0v) is 8.39. The first-order valence-corrected chi connectivity index (χ1v) is 4.32. The molecular weight excluding hydrogens is 194 g/mol. The Bertz CT molecular complexity index is 186. The molecule has 0 heterocycles. The number of carbonyl (C=O) groups is 1. The molecule has 0 fully saturated rings. The van der Waals surface area contributed by atoms with E-state index >= 15 is 0 Å². The summed E-state index contributed by atoms with van der Waals surface area (Å²) < 4.78 is 24.9. The zero-order valence-electron chi connectivity index (χ0n) is 8.39. The van der Waals surface area contributed by atoms with Gasteiger partial charge in [0.25, 0.3) is 5.91 Å². The Morgan fingerprint density at radius 2 is 2.07 bits per heavy atom. The zero-order chi connectivity index (χ0) is 11.2. The first kappa shape index (κ1) is 13.2. The summed E-state index contributed by atoms with van der Waals surface area (Å²) in [7, 11) is 3.70. The Morgan fingerprint density at radius 3 is 2.50 bits per heavy atom. The van der Waals surface area contributed by atoms with Crippen LogP contribution in [0.25, 0.3) is 0 Å². The van der Waals surface area contributed by atoms with Crippen LogP contribution in [0.15, 0.2) is 0 Å². The second-order valence-corrected chi connectivity index (χ2v) is 3.28. The lowest BCUT2D eigenvalue weighted by Crippen LogP contribution is -2.43. The van der Waals surface area contributed by atoms with E-state index in [1.165, 1.54) is 0 Å². The van der Waals surface area contributed by atoms with E-state index in [0.29, 0.717) is 13.0 Å². The number of hydrogen-bond donors (Lipinski definition) is 2. The number of amides is 1. The van der Waals surface area contributed by atoms with Gasteiger partial charge >= 0.3 is 5.92 Å². The monoisotopic (exact) mass is 210 g/mol. The third-order valence-corrected chi connectivity index (χ3v) is 1.60. The molecule has 4 nitrogen and oxygen atoms in total. The van der Waals surface area contributed by atoms with Gasteiger partial charge in [0, 0.05) is 6.54 Å². The third kappa shape index (κ3) is 5.08. The van der Waals surface area contributed by atoms with Crippen molar-refractivity contribution in [1.29, 1.82) is 0 Å². The number of alkyl halides is 2. The van der Waals surface area contributed by atoms with Crippen molar-refractivity contribution in [3.8, 4) is 0 Å². The molecular formula is C8H16F2N2O2. The van der Waals surface area contributed by atoms with Crippen molar-refractivity contribution in [2.24, 2.45) is 0 Å². The average molecular weight is 210 g/mol. The fourth-order valence-corrected chi connectivity index (χ4v) is 0.798. The maximum Gasteiger partial charge on any atom is 0.346 e. The Kier molecular flexibility index (Phi) is 5.56. The minimum Gasteiger partial charge on any atom is -0.390 e. The summed E-state index contributed by atoms with van der Waals surface area (Å²) in [5.41, 5.74) is 0. The van der Waals surface area contributed by atoms with Crippen molar-refractivity contribution in [2.45, 2.75) is 12.3 Å². The van der Waals surface area contributed by atoms with Gasteiger partial charge in [0.1, 0.15) is 6.61 Å². The Labute approximate surface area is 81.9 Å². The van der Waals surface area contributed by atoms with Gasteiger partial charge in [-0.25, -0.2) is 0 Å². The number of nitrogens with zero attached hydrogens (tertiary/aromatic N) is 1. The van der Waals surface area contributed by atoms with Gasteiger partial charge in [0.15, 0.2) is 0 Å². The first-order valence-electron chi connectivity index (χ1n) is 4.32. The predicted molar refractivity (Wildman–Crippen MR) is 48.2 cm³/mol. The third-order valence-electron chi connectivity index (χ3n) is 1.60. The highest BCUT2D eigenvalue weighted by Gasteiger charge is 2.37. The molecule has 1 amide bonds. The molecule has 0 rings (SSSR count). The molecule has 0 aromatic rings. The summed E-state index contributed by atoms with van der Waals surface area (Å²) in [6.07, 6.45) is 0.597. The Balaban J connectivity index is 3.64. The van der Waals surface area contributed by atoms with Gasteiger partial charge < -0.3 is 15.3 Å². The van der Waals surface area contributed by atoms with E-state index < -0.39 is 18.4 Å². The van der Waals surface area contributed by atoms with Gasteiger partial charge in [-0.3, -0.25) is 4.79 Å². The second kappa shape index (κ2) is 5.87. The molecule has 14 heavy (non-hydrogen) atoms. The largest absolute Gasteiger partial charge is 0.390 e. The normalized spacial score (nSPS) is 11.9. The molecule has 0 bridgehead atoms. The highest BCUT2D eigenvalue weighted by Crippen LogP contribution is 2.11. The summed E-state index contributed by atoms with van der Waals surface area (Å²) in [6, 6.07) is 0. The van der Waals surface area contributed by atoms with E-state index in [-0.39, 0.29) is 6.54 Å². The number of halogens is 2. The van der Waals surface area contributed by atoms with Gasteiger partial charge in [-0.15, -0.1) is 0 Å². The summed E-state index contributed by atoms with van der Waals surface area (Å²) in [5, 5.41) is 10.2. The number of aliphatic hydroxyl groups excluding tert-OH is 1. The molecule has 0 aromatic carbocycles. The van der Waals surface area contributed by atoms with E-state index in [2.05, 4.69) is 5.32 Å². The molecule has 0 aliphatic rings. The lowest BCUT2D eigenvalue weighted by molar-refractivity contribution is -0.150. The summed E-state index contributed by atoms with van der Waals surface area (Å²) >= 11 is 0. The summed E-state index contributed by atoms with van der Waals surface area (Å²) in [5.74, 6) is -5.09. The van der Waals surface area contributed by atoms with Crippen LogP contribution in [0.3, 0.4) is 0 Å². The van der Waals surface area contributed by atoms with E-state index in [1.54, 1.807) is 0 Å². The van der Waals surface area contributed by atoms with Crippen LogP contribution >= 0.6 is 0 Å². The lowest BCUT2D eigenvalue weighted by Gasteiger charge is -2.14. The van der Waals surface area contributed by atoms with Gasteiger partial charge in [0.05, 0.1) is 0 Å². The fraction of sp³-hybridized carbons (Fsp3) is 0.875. The average Bonchev–Trinajstić information content (AvgIpc) is 2.11. The quantitative estimate of drug-likeness (QED) is 0.591. The minimum absolute atomic E-state index is 0.187. The van der Waals surface area contributed by atoms with Crippen molar-refractivity contribution in [3.05, 3.63) is 0 Å². The summed E-state index contributed by atoms with van der Waals surface area (Å²) in [6.45, 7) is -0.551. The molecule has 0 aliphatic carbocycles. The Morgan fingerprint density at radius 1 is 1.50 bits per heavy atom. The van der Waals surface area contributed by atoms with Crippen molar-refractivity contribution in [3.63, 3.8) is 0 Å². The fourth-order valence-electron chi connectivity index (χ4n) is 0.798. The second-order valence-electron chi connectivity index (χ2n) is 3.28. The summed E-state index contributed by atoms with van der Waals surface area (Å²) in [4.78, 5) is 12.6. The number of aliphatic hydroxyl groups is 1. The van der Waals surface area contributed by atoms with Crippen LogP contribution in [-0.4, -0.2) is 55.6 Å². The van der Waals surface area contributed by atoms with Crippen LogP contribution < -0.4 is 5.32 Å². The van der Waals surface area contributed by atoms with Crippen LogP contribution in [0.4, 0.5) is 8.78 Å². The smallest absolute Gasteiger partial charge is 0.346 e. The van der Waals surface area contributed by atoms with E-state index in [9.17, 15) is 13.6 Å². The minimum atomic E-state index is -3.67. The number of rotatable bonds is 6. The van der Waals surface area contributed by atoms with E-state index in [0.717, 1.165) is 0 Å². The van der Waals surface area contributed by atoms with Crippen molar-refractivity contribution in [2.75, 3.05) is 33.8 Å². The van der Waals surface area contributed by atoms with Crippen LogP contribution in [0.2, 0.25) is 0 Å². The van der Waals surface area contributed by atoms with Crippen molar-refractivity contribution < 1.29 is 18.7 Å². The molecule has 0 radical (unpaired) electrons. The highest BCUT2D eigenvalue weighted by atomic mass is 19.3. The van der Waals surface area contributed by atoms with Crippen molar-refractivity contribution >= 4 is 5.91 Å². The molecule has 0 atom stereocenters. The maximum absolute atomic E-state index is 12.5. The topological polar surface area (TPSA) is 52.6 Å². The van der Waals surface area contributed by atoms with Gasteiger partial charge in [0.2, 0.25) is 0 Å². The van der Waals surface area contributed by atoms with Gasteiger partial charge in [-0.2, -0.15) is 8.78 Å². The molecule has 84 valence electrons. The van der Waals surface area contributed by atoms with Crippen LogP contribution in [0.5, 0.6) is 0 Å². The van der Waals surface area contributed by atoms with Crippen LogP contribution in [0.1, 0.15) is 6.42 Å². The molecule has 6 heteroatoms. The van der Waals surface area contributed by atoms with Crippen LogP contribution in [0, 0.1) is 0 Å². The molecule has 0 aromatic heterocycles. The SMILES string of the molecule is CN(C)CCCNC(=O)C(F)(F)CO. The standard InChI is InChI=1S/C8H16F2N2O2/c1-12(2)5-3-4-11-7(14)8(9,10)6-13/h13H,3-6H2,1-2H3,(H,11,14). The highest BCUT2D eigenvalue weighted by molar-refractivity contribution is 5.83. The Hall–Kier alpha value is -0.750. The number of hydrogen-bond acceptors (Lipinski definition) is 3. The maximum atomic E-state index is 12.5. The molecule has 0 unspecified atom stereocenters. The molecule has 0 saturated heterocycles. The van der Waals surface area contributed by atoms with Gasteiger partial charge in [-0.1, -0.05) is 0 Å². The first-order chi connectivity index (χ1) is 6.40. The predicted octanol–water partition coefficient (Wildman–Crippen LogP) is -0.318. The van der Waals surface area contributed by atoms with E-state index in [1.807, 2.05) is 19.0 Å². The molecule has 0 spiro atoms. The molecule has 2 N–H and O–H groups in total. The number of nitrogens with one attached hydrogen (secondary N) is 1.